The Labute approximate surface area is 188 Å². The van der Waals surface area contributed by atoms with Crippen molar-refractivity contribution in [3.63, 3.8) is 0 Å². The molecule has 0 atom stereocenters. The van der Waals surface area contributed by atoms with Crippen molar-refractivity contribution in [1.29, 1.82) is 0 Å². The minimum absolute atomic E-state index is 0.101. The van der Waals surface area contributed by atoms with E-state index in [1.807, 2.05) is 0 Å². The Kier molecular flexibility index (Phi) is 6.50. The number of nitrogens with one attached hydrogen (secondary N) is 1. The van der Waals surface area contributed by atoms with Crippen LogP contribution in [0.2, 0.25) is 10.0 Å². The molecule has 0 spiro atoms. The average molecular weight is 467 g/mol. The predicted molar refractivity (Wildman–Crippen MR) is 119 cm³/mol. The van der Waals surface area contributed by atoms with Gasteiger partial charge in [0.15, 0.2) is 16.6 Å². The van der Waals surface area contributed by atoms with Crippen molar-refractivity contribution < 1.29 is 23.8 Å². The zero-order valence-corrected chi connectivity index (χ0v) is 18.4. The van der Waals surface area contributed by atoms with Gasteiger partial charge in [0.2, 0.25) is 5.75 Å². The van der Waals surface area contributed by atoms with Gasteiger partial charge in [-0.1, -0.05) is 29.3 Å². The van der Waals surface area contributed by atoms with Crippen LogP contribution in [0, 0.1) is 0 Å². The molecule has 30 heavy (non-hydrogen) atoms. The summed E-state index contributed by atoms with van der Waals surface area (Å²) >= 11 is 17.5. The molecule has 0 saturated carbocycles. The molecule has 1 N–H and O–H groups in total. The van der Waals surface area contributed by atoms with Crippen LogP contribution in [-0.4, -0.2) is 38.3 Å². The average Bonchev–Trinajstić information content (AvgIpc) is 2.73. The van der Waals surface area contributed by atoms with Crippen molar-refractivity contribution in [2.75, 3.05) is 26.2 Å². The Morgan fingerprint density at radius 3 is 2.23 bits per heavy atom. The van der Waals surface area contributed by atoms with Crippen LogP contribution in [0.1, 0.15) is 5.56 Å². The third-order valence-corrected chi connectivity index (χ3v) is 5.37. The molecule has 10 heteroatoms. The Bertz CT molecular complexity index is 1060. The summed E-state index contributed by atoms with van der Waals surface area (Å²) in [5.74, 6) is -0.167. The monoisotopic (exact) mass is 466 g/mol. The molecule has 1 aliphatic rings. The van der Waals surface area contributed by atoms with E-state index in [9.17, 15) is 9.59 Å². The summed E-state index contributed by atoms with van der Waals surface area (Å²) in [6.07, 6.45) is 1.40. The first-order valence-corrected chi connectivity index (χ1v) is 9.64. The Morgan fingerprint density at radius 1 is 1.03 bits per heavy atom. The smallest absolute Gasteiger partial charge is 0.270 e. The van der Waals surface area contributed by atoms with Crippen molar-refractivity contribution in [3.8, 4) is 17.2 Å². The molecule has 1 fully saturated rings. The number of benzene rings is 2. The summed E-state index contributed by atoms with van der Waals surface area (Å²) < 4.78 is 15.9. The molecule has 2 aromatic rings. The maximum absolute atomic E-state index is 13.2. The van der Waals surface area contributed by atoms with E-state index in [4.69, 9.17) is 49.6 Å². The van der Waals surface area contributed by atoms with E-state index in [-0.39, 0.29) is 26.4 Å². The molecule has 156 valence electrons. The first-order chi connectivity index (χ1) is 14.3. The van der Waals surface area contributed by atoms with Crippen molar-refractivity contribution in [2.24, 2.45) is 0 Å². The minimum atomic E-state index is -0.651. The largest absolute Gasteiger partial charge is 0.493 e. The van der Waals surface area contributed by atoms with Crippen LogP contribution in [-0.2, 0) is 9.59 Å². The standard InChI is InChI=1S/C20H16Cl2N2O5S/c1-27-14-8-10(9-15(28-2)17(14)29-3)7-11-18(25)23-20(30)24(19(11)26)13-6-4-5-12(21)16(13)22/h4-9H,1-3H3,(H,23,25,30)/b11-7+. The van der Waals surface area contributed by atoms with Gasteiger partial charge < -0.3 is 14.2 Å². The number of rotatable bonds is 5. The molecule has 3 rings (SSSR count). The molecule has 1 heterocycles. The summed E-state index contributed by atoms with van der Waals surface area (Å²) in [6.45, 7) is 0. The number of anilines is 1. The molecule has 2 amide bonds. The fraction of sp³-hybridized carbons (Fsp3) is 0.150. The van der Waals surface area contributed by atoms with Crippen molar-refractivity contribution in [2.45, 2.75) is 0 Å². The highest BCUT2D eigenvalue weighted by molar-refractivity contribution is 7.80. The predicted octanol–water partition coefficient (Wildman–Crippen LogP) is 3.85. The van der Waals surface area contributed by atoms with Crippen LogP contribution < -0.4 is 24.4 Å². The molecule has 1 saturated heterocycles. The second kappa shape index (κ2) is 8.91. The number of carbonyl (C=O) groups excluding carboxylic acids is 2. The van der Waals surface area contributed by atoms with E-state index in [1.165, 1.54) is 27.4 Å². The molecule has 0 aliphatic carbocycles. The van der Waals surface area contributed by atoms with Gasteiger partial charge in [0.25, 0.3) is 11.8 Å². The molecule has 0 radical (unpaired) electrons. The van der Waals surface area contributed by atoms with Gasteiger partial charge in [-0.3, -0.25) is 19.8 Å². The molecular formula is C20H16Cl2N2O5S. The van der Waals surface area contributed by atoms with E-state index < -0.39 is 11.8 Å². The van der Waals surface area contributed by atoms with Crippen molar-refractivity contribution in [3.05, 3.63) is 51.5 Å². The van der Waals surface area contributed by atoms with Crippen LogP contribution >= 0.6 is 35.4 Å². The van der Waals surface area contributed by atoms with Gasteiger partial charge in [-0.05, 0) is 48.1 Å². The van der Waals surface area contributed by atoms with Crippen LogP contribution in [0.4, 0.5) is 5.69 Å². The highest BCUT2D eigenvalue weighted by Gasteiger charge is 2.35. The zero-order valence-electron chi connectivity index (χ0n) is 16.1. The van der Waals surface area contributed by atoms with Crippen LogP contribution in [0.25, 0.3) is 6.08 Å². The normalized spacial score (nSPS) is 15.3. The lowest BCUT2D eigenvalue weighted by molar-refractivity contribution is -0.122. The highest BCUT2D eigenvalue weighted by atomic mass is 35.5. The third kappa shape index (κ3) is 3.94. The lowest BCUT2D eigenvalue weighted by Crippen LogP contribution is -2.54. The maximum atomic E-state index is 13.2. The van der Waals surface area contributed by atoms with Crippen LogP contribution in [0.5, 0.6) is 17.2 Å². The summed E-state index contributed by atoms with van der Waals surface area (Å²) in [4.78, 5) is 26.8. The Balaban J connectivity index is 2.10. The molecule has 0 unspecified atom stereocenters. The third-order valence-electron chi connectivity index (χ3n) is 4.27. The second-order valence-corrected chi connectivity index (χ2v) is 7.16. The van der Waals surface area contributed by atoms with E-state index in [0.29, 0.717) is 22.8 Å². The number of halogens is 2. The first-order valence-electron chi connectivity index (χ1n) is 8.47. The van der Waals surface area contributed by atoms with Gasteiger partial charge in [-0.2, -0.15) is 0 Å². The number of carbonyl (C=O) groups is 2. The number of nitrogens with zero attached hydrogens (tertiary/aromatic N) is 1. The maximum Gasteiger partial charge on any atom is 0.270 e. The fourth-order valence-corrected chi connectivity index (χ4v) is 3.55. The number of amides is 2. The Hall–Kier alpha value is -2.81. The molecular weight excluding hydrogens is 451 g/mol. The molecule has 7 nitrogen and oxygen atoms in total. The van der Waals surface area contributed by atoms with E-state index >= 15 is 0 Å². The van der Waals surface area contributed by atoms with Crippen molar-refractivity contribution >= 4 is 64.1 Å². The fourth-order valence-electron chi connectivity index (χ4n) is 2.89. The van der Waals surface area contributed by atoms with Gasteiger partial charge >= 0.3 is 0 Å². The van der Waals surface area contributed by atoms with E-state index in [0.717, 1.165) is 4.90 Å². The quantitative estimate of drug-likeness (QED) is 0.409. The van der Waals surface area contributed by atoms with Crippen LogP contribution in [0.15, 0.2) is 35.9 Å². The topological polar surface area (TPSA) is 77.1 Å². The number of hydrogen-bond donors (Lipinski definition) is 1. The summed E-state index contributed by atoms with van der Waals surface area (Å²) in [6, 6.07) is 8.00. The highest BCUT2D eigenvalue weighted by Crippen LogP contribution is 2.39. The molecule has 0 aromatic heterocycles. The second-order valence-electron chi connectivity index (χ2n) is 5.99. The molecule has 0 bridgehead atoms. The Morgan fingerprint density at radius 2 is 1.67 bits per heavy atom. The lowest BCUT2D eigenvalue weighted by Gasteiger charge is -2.29. The summed E-state index contributed by atoms with van der Waals surface area (Å²) in [7, 11) is 4.41. The van der Waals surface area contributed by atoms with Crippen LogP contribution in [0.3, 0.4) is 0 Å². The number of methoxy groups -OCH3 is 3. The van der Waals surface area contributed by atoms with E-state index in [2.05, 4.69) is 5.32 Å². The number of thiocarbonyl (C=S) groups is 1. The van der Waals surface area contributed by atoms with Crippen molar-refractivity contribution in [1.82, 2.24) is 5.32 Å². The first kappa shape index (κ1) is 21.9. The lowest BCUT2D eigenvalue weighted by atomic mass is 10.1. The van der Waals surface area contributed by atoms with Gasteiger partial charge in [-0.25, -0.2) is 0 Å². The number of hydrogen-bond acceptors (Lipinski definition) is 6. The van der Waals surface area contributed by atoms with Gasteiger partial charge in [0.1, 0.15) is 5.57 Å². The summed E-state index contributed by atoms with van der Waals surface area (Å²) in [5.41, 5.74) is 0.580. The summed E-state index contributed by atoms with van der Waals surface area (Å²) in [5, 5.41) is 2.78. The van der Waals surface area contributed by atoms with Gasteiger partial charge in [-0.15, -0.1) is 0 Å². The molecule has 1 aliphatic heterocycles. The minimum Gasteiger partial charge on any atom is -0.493 e. The molecule has 2 aromatic carbocycles. The van der Waals surface area contributed by atoms with Gasteiger partial charge in [0.05, 0.1) is 37.1 Å². The zero-order chi connectivity index (χ0) is 22.0. The number of ether oxygens (including phenoxy) is 3. The SMILES string of the molecule is COc1cc(/C=C2\C(=O)NC(=S)N(c3cccc(Cl)c3Cl)C2=O)cc(OC)c1OC. The van der Waals surface area contributed by atoms with Gasteiger partial charge in [0, 0.05) is 0 Å². The van der Waals surface area contributed by atoms with E-state index in [1.54, 1.807) is 30.3 Å².